The first kappa shape index (κ1) is 14.0. The smallest absolute Gasteiger partial charge is 0.260 e. The Hall–Kier alpha value is -1.40. The first-order chi connectivity index (χ1) is 9.17. The molecule has 0 saturated carbocycles. The lowest BCUT2D eigenvalue weighted by atomic mass is 10.2. The van der Waals surface area contributed by atoms with Crippen LogP contribution in [0.15, 0.2) is 27.2 Å². The van der Waals surface area contributed by atoms with E-state index in [0.29, 0.717) is 24.0 Å². The molecule has 0 aliphatic heterocycles. The summed E-state index contributed by atoms with van der Waals surface area (Å²) < 4.78 is 11.6. The molecule has 0 aliphatic rings. The number of halogens is 1. The average Bonchev–Trinajstić information content (AvgIpc) is 2.88. The maximum atomic E-state index is 5.99. The number of aromatic nitrogens is 2. The zero-order valence-electron chi connectivity index (χ0n) is 10.9. The Kier molecular flexibility index (Phi) is 4.55. The summed E-state index contributed by atoms with van der Waals surface area (Å²) in [4.78, 5) is 4.37. The highest BCUT2D eigenvalue weighted by molar-refractivity contribution is 9.10. The van der Waals surface area contributed by atoms with Crippen LogP contribution in [0.2, 0.25) is 0 Å². The SMILES string of the molecule is CCOC(CC)c1noc(-c2cccc(Br)c2N)n1. The van der Waals surface area contributed by atoms with E-state index in [1.807, 2.05) is 32.0 Å². The molecule has 1 aromatic carbocycles. The Balaban J connectivity index is 2.32. The summed E-state index contributed by atoms with van der Waals surface area (Å²) in [6, 6.07) is 5.59. The van der Waals surface area contributed by atoms with Crippen molar-refractivity contribution in [3.63, 3.8) is 0 Å². The van der Waals surface area contributed by atoms with Gasteiger partial charge in [0.05, 0.1) is 11.3 Å². The molecule has 0 amide bonds. The molecule has 1 aromatic heterocycles. The molecule has 2 aromatic rings. The molecule has 5 nitrogen and oxygen atoms in total. The molecular formula is C13H16BrN3O2. The van der Waals surface area contributed by atoms with Crippen molar-refractivity contribution in [3.05, 3.63) is 28.5 Å². The number of ether oxygens (including phenoxy) is 1. The molecule has 0 bridgehead atoms. The topological polar surface area (TPSA) is 74.2 Å². The number of rotatable bonds is 5. The van der Waals surface area contributed by atoms with Gasteiger partial charge >= 0.3 is 0 Å². The van der Waals surface area contributed by atoms with Crippen LogP contribution in [0.1, 0.15) is 32.2 Å². The van der Waals surface area contributed by atoms with Crippen LogP contribution in [0.3, 0.4) is 0 Å². The van der Waals surface area contributed by atoms with Gasteiger partial charge in [-0.1, -0.05) is 18.1 Å². The lowest BCUT2D eigenvalue weighted by Gasteiger charge is -2.09. The van der Waals surface area contributed by atoms with Crippen molar-refractivity contribution in [3.8, 4) is 11.5 Å². The van der Waals surface area contributed by atoms with Crippen molar-refractivity contribution in [2.75, 3.05) is 12.3 Å². The maximum Gasteiger partial charge on any atom is 0.260 e. The molecule has 2 rings (SSSR count). The minimum Gasteiger partial charge on any atom is -0.397 e. The third-order valence-corrected chi connectivity index (χ3v) is 3.44. The minimum atomic E-state index is -0.143. The van der Waals surface area contributed by atoms with Crippen LogP contribution >= 0.6 is 15.9 Å². The number of hydrogen-bond donors (Lipinski definition) is 1. The van der Waals surface area contributed by atoms with Crippen LogP contribution in [0.4, 0.5) is 5.69 Å². The highest BCUT2D eigenvalue weighted by Crippen LogP contribution is 2.31. The van der Waals surface area contributed by atoms with Crippen LogP contribution < -0.4 is 5.73 Å². The van der Waals surface area contributed by atoms with E-state index in [0.717, 1.165) is 16.5 Å². The largest absolute Gasteiger partial charge is 0.397 e. The lowest BCUT2D eigenvalue weighted by Crippen LogP contribution is -2.04. The Labute approximate surface area is 120 Å². The monoisotopic (exact) mass is 325 g/mol. The summed E-state index contributed by atoms with van der Waals surface area (Å²) >= 11 is 3.38. The standard InChI is InChI=1S/C13H16BrN3O2/c1-3-10(18-4-2)12-16-13(19-17-12)8-6-5-7-9(14)11(8)15/h5-7,10H,3-4,15H2,1-2H3. The number of hydrogen-bond acceptors (Lipinski definition) is 5. The Morgan fingerprint density at radius 2 is 2.21 bits per heavy atom. The van der Waals surface area contributed by atoms with E-state index < -0.39 is 0 Å². The summed E-state index contributed by atoms with van der Waals surface area (Å²) in [5.41, 5.74) is 7.29. The van der Waals surface area contributed by atoms with Gasteiger partial charge in [-0.2, -0.15) is 4.98 Å². The average molecular weight is 326 g/mol. The van der Waals surface area contributed by atoms with Gasteiger partial charge in [0, 0.05) is 11.1 Å². The van der Waals surface area contributed by atoms with E-state index in [1.165, 1.54) is 0 Å². The predicted molar refractivity (Wildman–Crippen MR) is 76.5 cm³/mol. The fourth-order valence-electron chi connectivity index (χ4n) is 1.77. The summed E-state index contributed by atoms with van der Waals surface area (Å²) in [5, 5.41) is 3.97. The fourth-order valence-corrected chi connectivity index (χ4v) is 2.14. The molecule has 0 saturated heterocycles. The van der Waals surface area contributed by atoms with Crippen LogP contribution in [-0.4, -0.2) is 16.7 Å². The third kappa shape index (κ3) is 2.96. The van der Waals surface area contributed by atoms with Crippen LogP contribution in [0.5, 0.6) is 0 Å². The minimum absolute atomic E-state index is 0.143. The highest BCUT2D eigenvalue weighted by Gasteiger charge is 2.19. The second-order valence-electron chi connectivity index (χ2n) is 4.01. The van der Waals surface area contributed by atoms with Gasteiger partial charge in [-0.05, 0) is 41.4 Å². The Bertz CT molecular complexity index is 557. The molecule has 1 atom stereocenters. The van der Waals surface area contributed by atoms with Crippen molar-refractivity contribution in [2.45, 2.75) is 26.4 Å². The van der Waals surface area contributed by atoms with Gasteiger partial charge in [0.1, 0.15) is 6.10 Å². The Morgan fingerprint density at radius 3 is 2.89 bits per heavy atom. The number of nitrogens with two attached hydrogens (primary N) is 1. The quantitative estimate of drug-likeness (QED) is 0.850. The fraction of sp³-hybridized carbons (Fsp3) is 0.385. The molecule has 1 heterocycles. The van der Waals surface area contributed by atoms with Gasteiger partial charge < -0.3 is 15.0 Å². The van der Waals surface area contributed by atoms with Crippen LogP contribution in [-0.2, 0) is 4.74 Å². The second-order valence-corrected chi connectivity index (χ2v) is 4.87. The molecule has 0 aliphatic carbocycles. The van der Waals surface area contributed by atoms with E-state index in [1.54, 1.807) is 0 Å². The van der Waals surface area contributed by atoms with Gasteiger partial charge in [-0.25, -0.2) is 0 Å². The second kappa shape index (κ2) is 6.16. The molecule has 0 spiro atoms. The van der Waals surface area contributed by atoms with Crippen molar-refractivity contribution < 1.29 is 9.26 Å². The molecule has 1 unspecified atom stereocenters. The number of nitrogens with zero attached hydrogens (tertiary/aromatic N) is 2. The third-order valence-electron chi connectivity index (χ3n) is 2.75. The van der Waals surface area contributed by atoms with Crippen LogP contribution in [0.25, 0.3) is 11.5 Å². The first-order valence-electron chi connectivity index (χ1n) is 6.16. The van der Waals surface area contributed by atoms with E-state index in [2.05, 4.69) is 26.1 Å². The van der Waals surface area contributed by atoms with Crippen LogP contribution in [0, 0.1) is 0 Å². The van der Waals surface area contributed by atoms with E-state index in [-0.39, 0.29) is 6.10 Å². The van der Waals surface area contributed by atoms with Crippen molar-refractivity contribution in [2.24, 2.45) is 0 Å². The van der Waals surface area contributed by atoms with Gasteiger partial charge in [0.25, 0.3) is 5.89 Å². The molecule has 6 heteroatoms. The zero-order valence-corrected chi connectivity index (χ0v) is 12.5. The number of nitrogen functional groups attached to an aromatic ring is 1. The van der Waals surface area contributed by atoms with Crippen molar-refractivity contribution >= 4 is 21.6 Å². The Morgan fingerprint density at radius 1 is 1.42 bits per heavy atom. The highest BCUT2D eigenvalue weighted by atomic mass is 79.9. The summed E-state index contributed by atoms with van der Waals surface area (Å²) in [5.74, 6) is 0.964. The normalized spacial score (nSPS) is 12.6. The van der Waals surface area contributed by atoms with Gasteiger partial charge in [-0.3, -0.25) is 0 Å². The number of anilines is 1. The molecule has 102 valence electrons. The molecular weight excluding hydrogens is 310 g/mol. The maximum absolute atomic E-state index is 5.99. The summed E-state index contributed by atoms with van der Waals surface area (Å²) in [7, 11) is 0. The van der Waals surface area contributed by atoms with Crippen molar-refractivity contribution in [1.29, 1.82) is 0 Å². The van der Waals surface area contributed by atoms with Gasteiger partial charge in [0.2, 0.25) is 5.82 Å². The zero-order chi connectivity index (χ0) is 13.8. The number of benzene rings is 1. The number of para-hydroxylation sites is 1. The van der Waals surface area contributed by atoms with E-state index >= 15 is 0 Å². The molecule has 2 N–H and O–H groups in total. The van der Waals surface area contributed by atoms with E-state index in [4.69, 9.17) is 15.0 Å². The lowest BCUT2D eigenvalue weighted by molar-refractivity contribution is 0.0518. The first-order valence-corrected chi connectivity index (χ1v) is 6.96. The molecule has 19 heavy (non-hydrogen) atoms. The summed E-state index contributed by atoms with van der Waals surface area (Å²) in [6.07, 6.45) is 0.650. The van der Waals surface area contributed by atoms with E-state index in [9.17, 15) is 0 Å². The molecule has 0 fully saturated rings. The van der Waals surface area contributed by atoms with Crippen molar-refractivity contribution in [1.82, 2.24) is 10.1 Å². The van der Waals surface area contributed by atoms with Gasteiger partial charge in [-0.15, -0.1) is 0 Å². The predicted octanol–water partition coefficient (Wildman–Crippen LogP) is 3.57. The summed E-state index contributed by atoms with van der Waals surface area (Å²) in [6.45, 7) is 4.57. The molecule has 0 radical (unpaired) electrons. The van der Waals surface area contributed by atoms with Gasteiger partial charge in [0.15, 0.2) is 0 Å².